The zero-order chi connectivity index (χ0) is 22.8. The fourth-order valence-electron chi connectivity index (χ4n) is 4.11. The van der Waals surface area contributed by atoms with Crippen LogP contribution in [-0.2, 0) is 16.0 Å². The van der Waals surface area contributed by atoms with Gasteiger partial charge in [-0.15, -0.1) is 0 Å². The van der Waals surface area contributed by atoms with E-state index in [1.807, 2.05) is 72.9 Å². The zero-order valence-corrected chi connectivity index (χ0v) is 17.7. The van der Waals surface area contributed by atoms with E-state index in [-0.39, 0.29) is 6.54 Å². The molecule has 3 N–H and O–H groups in total. The number of nitrogens with zero attached hydrogens (tertiary/aromatic N) is 1. The second kappa shape index (κ2) is 8.63. The molecule has 0 radical (unpaired) electrons. The number of hydrogen-bond acceptors (Lipinski definition) is 3. The number of anilines is 1. The molecule has 0 bridgehead atoms. The van der Waals surface area contributed by atoms with Gasteiger partial charge in [-0.05, 0) is 34.9 Å². The van der Waals surface area contributed by atoms with Crippen molar-refractivity contribution >= 4 is 34.4 Å². The fourth-order valence-corrected chi connectivity index (χ4v) is 4.11. The lowest BCUT2D eigenvalue weighted by Crippen LogP contribution is -2.38. The van der Waals surface area contributed by atoms with Crippen molar-refractivity contribution in [2.45, 2.75) is 12.5 Å². The van der Waals surface area contributed by atoms with Gasteiger partial charge in [-0.3, -0.25) is 14.5 Å². The molecule has 1 aliphatic rings. The maximum absolute atomic E-state index is 12.8. The van der Waals surface area contributed by atoms with Crippen molar-refractivity contribution in [3.63, 3.8) is 0 Å². The molecule has 1 fully saturated rings. The van der Waals surface area contributed by atoms with Crippen LogP contribution in [0.1, 0.15) is 5.56 Å². The molecular formula is C26H22N4O3. The minimum Gasteiger partial charge on any atom is -0.361 e. The van der Waals surface area contributed by atoms with Crippen molar-refractivity contribution < 1.29 is 14.4 Å². The topological polar surface area (TPSA) is 94.3 Å². The van der Waals surface area contributed by atoms with E-state index in [2.05, 4.69) is 15.6 Å². The largest absolute Gasteiger partial charge is 0.361 e. The van der Waals surface area contributed by atoms with Gasteiger partial charge in [0.25, 0.3) is 5.91 Å². The van der Waals surface area contributed by atoms with Gasteiger partial charge in [-0.25, -0.2) is 4.79 Å². The van der Waals surface area contributed by atoms with Gasteiger partial charge >= 0.3 is 6.03 Å². The van der Waals surface area contributed by atoms with Crippen molar-refractivity contribution in [1.29, 1.82) is 0 Å². The first kappa shape index (κ1) is 20.5. The molecular weight excluding hydrogens is 416 g/mol. The van der Waals surface area contributed by atoms with E-state index in [1.54, 1.807) is 12.1 Å². The summed E-state index contributed by atoms with van der Waals surface area (Å²) in [5.74, 6) is -0.835. The average molecular weight is 438 g/mol. The molecule has 1 atom stereocenters. The Labute approximate surface area is 190 Å². The number of nitrogens with one attached hydrogen (secondary N) is 3. The number of amides is 4. The molecule has 5 rings (SSSR count). The molecule has 0 saturated carbocycles. The quantitative estimate of drug-likeness (QED) is 0.398. The molecule has 7 heteroatoms. The fraction of sp³-hybridized carbons (Fsp3) is 0.115. The predicted octanol–water partition coefficient (Wildman–Crippen LogP) is 3.94. The molecule has 164 valence electrons. The number of rotatable bonds is 6. The maximum Gasteiger partial charge on any atom is 0.325 e. The molecule has 1 aromatic heterocycles. The molecule has 7 nitrogen and oxygen atoms in total. The molecule has 0 spiro atoms. The Morgan fingerprint density at radius 2 is 1.58 bits per heavy atom. The lowest BCUT2D eigenvalue weighted by atomic mass is 10.1. The second-order valence-corrected chi connectivity index (χ2v) is 7.98. The summed E-state index contributed by atoms with van der Waals surface area (Å²) in [6.45, 7) is -0.338. The van der Waals surface area contributed by atoms with Crippen molar-refractivity contribution in [3.05, 3.63) is 90.6 Å². The smallest absolute Gasteiger partial charge is 0.325 e. The van der Waals surface area contributed by atoms with E-state index in [4.69, 9.17) is 0 Å². The molecule has 3 aromatic carbocycles. The van der Waals surface area contributed by atoms with Crippen LogP contribution in [-0.4, -0.2) is 40.3 Å². The summed E-state index contributed by atoms with van der Waals surface area (Å²) in [6, 6.07) is 23.9. The van der Waals surface area contributed by atoms with E-state index in [0.29, 0.717) is 12.1 Å². The predicted molar refractivity (Wildman–Crippen MR) is 127 cm³/mol. The summed E-state index contributed by atoms with van der Waals surface area (Å²) >= 11 is 0. The van der Waals surface area contributed by atoms with Crippen LogP contribution in [0.4, 0.5) is 10.5 Å². The highest BCUT2D eigenvalue weighted by Crippen LogP contribution is 2.22. The lowest BCUT2D eigenvalue weighted by molar-refractivity contribution is -0.130. The first-order valence-electron chi connectivity index (χ1n) is 10.7. The van der Waals surface area contributed by atoms with Crippen LogP contribution in [0.25, 0.3) is 22.0 Å². The summed E-state index contributed by atoms with van der Waals surface area (Å²) in [5.41, 5.74) is 4.62. The number of H-pyrrole nitrogens is 1. The number of aromatic nitrogens is 1. The minimum absolute atomic E-state index is 0.338. The van der Waals surface area contributed by atoms with Crippen LogP contribution in [0.15, 0.2) is 85.1 Å². The highest BCUT2D eigenvalue weighted by molar-refractivity contribution is 6.08. The number of benzene rings is 3. The molecule has 1 aliphatic heterocycles. The van der Waals surface area contributed by atoms with Gasteiger partial charge < -0.3 is 15.6 Å². The van der Waals surface area contributed by atoms with Crippen molar-refractivity contribution in [3.8, 4) is 11.1 Å². The molecule has 1 unspecified atom stereocenters. The number of fused-ring (bicyclic) bond motifs is 1. The molecule has 4 amide bonds. The third kappa shape index (κ3) is 4.21. The van der Waals surface area contributed by atoms with Crippen molar-refractivity contribution in [2.24, 2.45) is 0 Å². The monoisotopic (exact) mass is 438 g/mol. The van der Waals surface area contributed by atoms with E-state index >= 15 is 0 Å². The van der Waals surface area contributed by atoms with Crippen molar-refractivity contribution in [2.75, 3.05) is 11.9 Å². The number of urea groups is 1. The third-order valence-electron chi connectivity index (χ3n) is 5.78. The van der Waals surface area contributed by atoms with Crippen LogP contribution in [0.2, 0.25) is 0 Å². The van der Waals surface area contributed by atoms with Gasteiger partial charge in [-0.2, -0.15) is 0 Å². The highest BCUT2D eigenvalue weighted by atomic mass is 16.2. The average Bonchev–Trinajstić information content (AvgIpc) is 3.36. The summed E-state index contributed by atoms with van der Waals surface area (Å²) in [6.07, 6.45) is 2.20. The Bertz CT molecular complexity index is 1330. The van der Waals surface area contributed by atoms with E-state index in [1.165, 1.54) is 0 Å². The van der Waals surface area contributed by atoms with Crippen molar-refractivity contribution in [1.82, 2.24) is 15.2 Å². The maximum atomic E-state index is 12.8. The van der Waals surface area contributed by atoms with E-state index in [9.17, 15) is 14.4 Å². The Kier molecular flexibility index (Phi) is 5.36. The third-order valence-corrected chi connectivity index (χ3v) is 5.78. The Morgan fingerprint density at radius 3 is 2.36 bits per heavy atom. The first-order valence-corrected chi connectivity index (χ1v) is 10.7. The zero-order valence-electron chi connectivity index (χ0n) is 17.7. The standard InChI is InChI=1S/C26H22N4O3/c31-24(28-20-12-10-18(11-13-20)17-6-2-1-3-7-17)16-30-25(32)23(29-26(30)33)14-19-15-27-22-9-5-4-8-21(19)22/h1-13,15,23,27H,14,16H2,(H,28,31)(H,29,33). The highest BCUT2D eigenvalue weighted by Gasteiger charge is 2.39. The number of hydrogen-bond donors (Lipinski definition) is 3. The van der Waals surface area contributed by atoms with Gasteiger partial charge in [0, 0.05) is 29.2 Å². The van der Waals surface area contributed by atoms with Crippen LogP contribution in [0.3, 0.4) is 0 Å². The van der Waals surface area contributed by atoms with Crippen LogP contribution < -0.4 is 10.6 Å². The Morgan fingerprint density at radius 1 is 0.879 bits per heavy atom. The SMILES string of the molecule is O=C(CN1C(=O)NC(Cc2c[nH]c3ccccc23)C1=O)Nc1ccc(-c2ccccc2)cc1. The molecule has 33 heavy (non-hydrogen) atoms. The molecule has 1 saturated heterocycles. The normalized spacial score (nSPS) is 15.6. The van der Waals surface area contributed by atoms with Crippen LogP contribution >= 0.6 is 0 Å². The van der Waals surface area contributed by atoms with Gasteiger partial charge in [0.1, 0.15) is 12.6 Å². The Hall–Kier alpha value is -4.39. The number of carbonyl (C=O) groups excluding carboxylic acids is 3. The summed E-state index contributed by atoms with van der Waals surface area (Å²) in [7, 11) is 0. The van der Waals surface area contributed by atoms with Crippen LogP contribution in [0.5, 0.6) is 0 Å². The van der Waals surface area contributed by atoms with Gasteiger partial charge in [0.15, 0.2) is 0 Å². The van der Waals surface area contributed by atoms with Gasteiger partial charge in [-0.1, -0.05) is 60.7 Å². The summed E-state index contributed by atoms with van der Waals surface area (Å²) < 4.78 is 0. The number of para-hydroxylation sites is 1. The molecule has 4 aromatic rings. The lowest BCUT2D eigenvalue weighted by Gasteiger charge is -2.13. The number of aromatic amines is 1. The first-order chi connectivity index (χ1) is 16.1. The minimum atomic E-state index is -0.699. The summed E-state index contributed by atoms with van der Waals surface area (Å²) in [5, 5.41) is 6.46. The van der Waals surface area contributed by atoms with Crippen LogP contribution in [0, 0.1) is 0 Å². The van der Waals surface area contributed by atoms with E-state index < -0.39 is 23.9 Å². The summed E-state index contributed by atoms with van der Waals surface area (Å²) in [4.78, 5) is 41.9. The number of carbonyl (C=O) groups is 3. The second-order valence-electron chi connectivity index (χ2n) is 7.98. The van der Waals surface area contributed by atoms with Gasteiger partial charge in [0.05, 0.1) is 0 Å². The molecule has 0 aliphatic carbocycles. The Balaban J connectivity index is 1.21. The van der Waals surface area contributed by atoms with E-state index in [0.717, 1.165) is 32.5 Å². The van der Waals surface area contributed by atoms with Gasteiger partial charge in [0.2, 0.25) is 5.91 Å². The molecule has 2 heterocycles. The number of imide groups is 1.